The minimum Gasteiger partial charge on any atom is -0.381 e. The van der Waals surface area contributed by atoms with Gasteiger partial charge < -0.3 is 10.6 Å². The highest BCUT2D eigenvalue weighted by Crippen LogP contribution is 2.39. The van der Waals surface area contributed by atoms with Crippen LogP contribution in [0.3, 0.4) is 0 Å². The van der Waals surface area contributed by atoms with Gasteiger partial charge in [0.1, 0.15) is 13.9 Å². The molecule has 2 aliphatic rings. The van der Waals surface area contributed by atoms with E-state index < -0.39 is 11.4 Å². The van der Waals surface area contributed by atoms with E-state index in [4.69, 9.17) is 11.6 Å². The third-order valence-electron chi connectivity index (χ3n) is 8.14. The number of fused-ring (bicyclic) bond motifs is 1. The van der Waals surface area contributed by atoms with Crippen LogP contribution in [0.15, 0.2) is 67.0 Å². The molecule has 4 aromatic rings. The lowest BCUT2D eigenvalue weighted by atomic mass is 9.67. The zero-order chi connectivity index (χ0) is 28.6. The molecule has 1 saturated carbocycles. The zero-order valence-corrected chi connectivity index (χ0v) is 23.7. The normalized spacial score (nSPS) is 19.4. The molecule has 1 aliphatic carbocycles. The molecule has 6 rings (SSSR count). The first-order valence-corrected chi connectivity index (χ1v) is 14.3. The van der Waals surface area contributed by atoms with Crippen LogP contribution in [0.4, 0.5) is 15.8 Å². The summed E-state index contributed by atoms with van der Waals surface area (Å²) in [5, 5.41) is 20.5. The van der Waals surface area contributed by atoms with Crippen LogP contribution in [0.25, 0.3) is 10.9 Å². The summed E-state index contributed by atoms with van der Waals surface area (Å²) in [7, 11) is 1.96. The number of pyridine rings is 2. The lowest BCUT2D eigenvalue weighted by Crippen LogP contribution is -2.54. The molecule has 0 bridgehead atoms. The van der Waals surface area contributed by atoms with Gasteiger partial charge in [-0.25, -0.2) is 15.4 Å². The average molecular weight is 569 g/mol. The monoisotopic (exact) mass is 568 g/mol. The minimum absolute atomic E-state index is 0.0267. The van der Waals surface area contributed by atoms with Gasteiger partial charge in [-0.3, -0.25) is 4.98 Å². The Morgan fingerprint density at radius 2 is 2.02 bits per heavy atom. The molecule has 2 fully saturated rings. The summed E-state index contributed by atoms with van der Waals surface area (Å²) in [4.78, 5) is 8.47. The van der Waals surface area contributed by atoms with Gasteiger partial charge in [0.15, 0.2) is 0 Å². The van der Waals surface area contributed by atoms with Crippen LogP contribution in [0, 0.1) is 17.3 Å². The van der Waals surface area contributed by atoms with Gasteiger partial charge in [0.05, 0.1) is 39.3 Å². The molecule has 208 valence electrons. The molecule has 4 N–H and O–H groups in total. The van der Waals surface area contributed by atoms with E-state index in [1.54, 1.807) is 24.4 Å². The molecular formula is C30H31BClFN8. The van der Waals surface area contributed by atoms with Crippen molar-refractivity contribution >= 4 is 41.7 Å². The number of nitrogens with one attached hydrogen (secondary N) is 4. The number of hydrogen-bond acceptors (Lipinski definition) is 8. The maximum absolute atomic E-state index is 15.3. The number of nitrogens with zero attached hydrogens (tertiary/aromatic N) is 4. The van der Waals surface area contributed by atoms with Crippen molar-refractivity contribution in [1.29, 1.82) is 5.26 Å². The summed E-state index contributed by atoms with van der Waals surface area (Å²) in [5.74, 6) is -0.537. The number of anilines is 2. The first kappa shape index (κ1) is 27.4. The molecule has 1 aliphatic heterocycles. The van der Waals surface area contributed by atoms with Crippen LogP contribution >= 0.6 is 11.6 Å². The highest BCUT2D eigenvalue weighted by Gasteiger charge is 2.45. The Kier molecular flexibility index (Phi) is 7.53. The van der Waals surface area contributed by atoms with Crippen LogP contribution in [-0.4, -0.2) is 41.5 Å². The molecule has 11 heteroatoms. The molecule has 3 atom stereocenters. The second-order valence-electron chi connectivity index (χ2n) is 10.9. The largest absolute Gasteiger partial charge is 0.381 e. The highest BCUT2D eigenvalue weighted by atomic mass is 35.5. The number of aromatic nitrogens is 2. The third kappa shape index (κ3) is 5.34. The van der Waals surface area contributed by atoms with Crippen LogP contribution in [0.5, 0.6) is 0 Å². The predicted octanol–water partition coefficient (Wildman–Crippen LogP) is 4.61. The van der Waals surface area contributed by atoms with E-state index in [1.807, 2.05) is 32.1 Å². The summed E-state index contributed by atoms with van der Waals surface area (Å²) in [6.07, 6.45) is 6.09. The predicted molar refractivity (Wildman–Crippen MR) is 162 cm³/mol. The summed E-state index contributed by atoms with van der Waals surface area (Å²) in [6, 6.07) is 19.9. The number of benzene rings is 2. The van der Waals surface area contributed by atoms with E-state index in [2.05, 4.69) is 61.7 Å². The van der Waals surface area contributed by atoms with Crippen LogP contribution in [0.1, 0.15) is 48.9 Å². The molecule has 8 nitrogen and oxygen atoms in total. The maximum Gasteiger partial charge on any atom is 0.217 e. The van der Waals surface area contributed by atoms with Crippen molar-refractivity contribution in [2.24, 2.45) is 0 Å². The van der Waals surface area contributed by atoms with Gasteiger partial charge in [0, 0.05) is 41.6 Å². The van der Waals surface area contributed by atoms with E-state index >= 15 is 4.39 Å². The summed E-state index contributed by atoms with van der Waals surface area (Å²) >= 11 is 6.82. The van der Waals surface area contributed by atoms with Crippen molar-refractivity contribution < 1.29 is 4.39 Å². The summed E-state index contributed by atoms with van der Waals surface area (Å²) in [6.45, 7) is 2.77. The van der Waals surface area contributed by atoms with Gasteiger partial charge in [0.25, 0.3) is 0 Å². The van der Waals surface area contributed by atoms with Gasteiger partial charge in [0.2, 0.25) is 5.95 Å². The van der Waals surface area contributed by atoms with Gasteiger partial charge in [-0.1, -0.05) is 54.9 Å². The Bertz CT molecular complexity index is 1610. The number of halogens is 2. The fourth-order valence-electron chi connectivity index (χ4n) is 5.67. The number of nitriles is 1. The van der Waals surface area contributed by atoms with Crippen LogP contribution in [-0.2, 0) is 5.44 Å². The maximum atomic E-state index is 15.3. The lowest BCUT2D eigenvalue weighted by molar-refractivity contribution is 0.222. The Hall–Kier alpha value is -3.75. The van der Waals surface area contributed by atoms with Gasteiger partial charge in [-0.15, -0.1) is 0 Å². The van der Waals surface area contributed by atoms with Crippen molar-refractivity contribution in [3.05, 3.63) is 94.7 Å². The first-order valence-electron chi connectivity index (χ1n) is 13.9. The van der Waals surface area contributed by atoms with Crippen molar-refractivity contribution in [1.82, 2.24) is 25.9 Å². The Balaban J connectivity index is 1.43. The van der Waals surface area contributed by atoms with Crippen LogP contribution < -0.4 is 21.6 Å². The molecule has 2 unspecified atom stereocenters. The molecule has 41 heavy (non-hydrogen) atoms. The van der Waals surface area contributed by atoms with E-state index in [-0.39, 0.29) is 12.1 Å². The van der Waals surface area contributed by atoms with Crippen molar-refractivity contribution in [3.63, 3.8) is 0 Å². The van der Waals surface area contributed by atoms with E-state index in [9.17, 15) is 5.26 Å². The quantitative estimate of drug-likeness (QED) is 0.172. The van der Waals surface area contributed by atoms with Crippen molar-refractivity contribution in [2.75, 3.05) is 17.2 Å². The standard InChI is InChI=1S/C30H31BClFN8/c1-2-25(18-7-4-3-5-8-18)37-27-19(15-34)16-36-28-22(27)13-20(14-24(28)32)38-30(31,23-9-6-12-35-29(23)33)26-17-41(40-39-26)21-10-11-21/h3-9,12-14,16,21,25-26,38-40H,2,10-11,17,31H2,1H3,(H,36,37)/t25-,26?,30?/m1/s1. The second-order valence-corrected chi connectivity index (χ2v) is 11.3. The van der Waals surface area contributed by atoms with E-state index in [0.29, 0.717) is 51.0 Å². The number of rotatable bonds is 9. The SMILES string of the molecule is BC(Nc1cc(Cl)c2ncc(C#N)c(N[C@H](CC)c3ccccc3)c2c1)(c1cccnc1F)C1CN(C2CC2)NN1. The van der Waals surface area contributed by atoms with Crippen molar-refractivity contribution in [3.8, 4) is 6.07 Å². The Labute approximate surface area is 244 Å². The molecule has 0 spiro atoms. The second kappa shape index (κ2) is 11.3. The molecule has 2 aromatic carbocycles. The number of hydrazine groups is 2. The van der Waals surface area contributed by atoms with E-state index in [0.717, 1.165) is 24.8 Å². The molecule has 0 radical (unpaired) electrons. The van der Waals surface area contributed by atoms with Crippen molar-refractivity contribution in [2.45, 2.75) is 49.8 Å². The fraction of sp³-hybridized carbons (Fsp3) is 0.300. The van der Waals surface area contributed by atoms with Crippen LogP contribution in [0.2, 0.25) is 5.02 Å². The Morgan fingerprint density at radius 1 is 1.22 bits per heavy atom. The highest BCUT2D eigenvalue weighted by molar-refractivity contribution is 6.36. The smallest absolute Gasteiger partial charge is 0.217 e. The van der Waals surface area contributed by atoms with Gasteiger partial charge in [-0.05, 0) is 43.0 Å². The topological polar surface area (TPSA) is 101 Å². The minimum atomic E-state index is -0.907. The first-order chi connectivity index (χ1) is 19.9. The fourth-order valence-corrected chi connectivity index (χ4v) is 5.94. The molecular weight excluding hydrogens is 538 g/mol. The third-order valence-corrected chi connectivity index (χ3v) is 8.43. The zero-order valence-electron chi connectivity index (χ0n) is 23.0. The average Bonchev–Trinajstić information content (AvgIpc) is 3.71. The van der Waals surface area contributed by atoms with E-state index in [1.165, 1.54) is 6.20 Å². The van der Waals surface area contributed by atoms with Gasteiger partial charge >= 0.3 is 0 Å². The summed E-state index contributed by atoms with van der Waals surface area (Å²) in [5.41, 5.74) is 9.62. The number of hydrogen-bond donors (Lipinski definition) is 4. The lowest BCUT2D eigenvalue weighted by Gasteiger charge is -2.38. The molecule has 0 amide bonds. The van der Waals surface area contributed by atoms with Gasteiger partial charge in [-0.2, -0.15) is 15.2 Å². The molecule has 3 heterocycles. The molecule has 2 aromatic heterocycles. The Morgan fingerprint density at radius 3 is 2.73 bits per heavy atom. The summed E-state index contributed by atoms with van der Waals surface area (Å²) < 4.78 is 15.3. The molecule has 1 saturated heterocycles.